The third kappa shape index (κ3) is 16.6. The number of aliphatic hydroxyl groups excluding tert-OH is 1. The van der Waals surface area contributed by atoms with Crippen LogP contribution in [0.25, 0.3) is 0 Å². The van der Waals surface area contributed by atoms with Crippen LogP contribution in [0.1, 0.15) is 85.0 Å². The van der Waals surface area contributed by atoms with Gasteiger partial charge in [0.1, 0.15) is 11.4 Å². The fraction of sp³-hybridized carbons (Fsp3) is 0.944. The van der Waals surface area contributed by atoms with Crippen LogP contribution in [0.4, 0.5) is 4.79 Å². The predicted molar refractivity (Wildman–Crippen MR) is 103 cm³/mol. The lowest BCUT2D eigenvalue weighted by atomic mass is 9.99. The highest BCUT2D eigenvalue weighted by atomic mass is 32.2. The molecule has 156 valence electrons. The lowest BCUT2D eigenvalue weighted by Gasteiger charge is -2.25. The van der Waals surface area contributed by atoms with Crippen molar-refractivity contribution in [3.63, 3.8) is 0 Å². The minimum atomic E-state index is -4.28. The second-order valence-corrected chi connectivity index (χ2v) is 9.01. The fourth-order valence-electron chi connectivity index (χ4n) is 2.70. The van der Waals surface area contributed by atoms with Gasteiger partial charge in [0.05, 0.1) is 6.10 Å². The van der Waals surface area contributed by atoms with E-state index >= 15 is 0 Å². The van der Waals surface area contributed by atoms with Crippen molar-refractivity contribution in [1.82, 2.24) is 5.32 Å². The molecule has 0 saturated heterocycles. The summed E-state index contributed by atoms with van der Waals surface area (Å²) in [6, 6.07) is 0. The van der Waals surface area contributed by atoms with Gasteiger partial charge >= 0.3 is 6.09 Å². The minimum absolute atomic E-state index is 0.299. The van der Waals surface area contributed by atoms with Crippen molar-refractivity contribution in [3.8, 4) is 0 Å². The Hall–Kier alpha value is -0.860. The molecule has 8 heteroatoms. The summed E-state index contributed by atoms with van der Waals surface area (Å²) in [4.78, 5) is 11.7. The zero-order valence-electron chi connectivity index (χ0n) is 16.5. The third-order valence-electron chi connectivity index (χ3n) is 4.14. The van der Waals surface area contributed by atoms with E-state index in [4.69, 9.17) is 9.29 Å². The minimum Gasteiger partial charge on any atom is -0.444 e. The zero-order valence-corrected chi connectivity index (χ0v) is 17.3. The van der Waals surface area contributed by atoms with Crippen molar-refractivity contribution in [1.29, 1.82) is 0 Å². The van der Waals surface area contributed by atoms with E-state index in [1.807, 2.05) is 13.8 Å². The summed E-state index contributed by atoms with van der Waals surface area (Å²) in [7, 11) is -4.28. The lowest BCUT2D eigenvalue weighted by Crippen LogP contribution is -2.40. The summed E-state index contributed by atoms with van der Waals surface area (Å²) in [5.74, 6) is -0.824. The van der Waals surface area contributed by atoms with E-state index in [9.17, 15) is 18.3 Å². The highest BCUT2D eigenvalue weighted by molar-refractivity contribution is 7.85. The molecular formula is C18H37NO6S. The average Bonchev–Trinajstić information content (AvgIpc) is 2.49. The second-order valence-electron chi connectivity index (χ2n) is 7.51. The Bertz CT molecular complexity index is 478. The van der Waals surface area contributed by atoms with E-state index in [2.05, 4.69) is 12.2 Å². The summed E-state index contributed by atoms with van der Waals surface area (Å²) in [5.41, 5.74) is -0.626. The van der Waals surface area contributed by atoms with Crippen LogP contribution in [0.3, 0.4) is 0 Å². The number of nitrogens with one attached hydrogen (secondary N) is 1. The molecule has 7 nitrogen and oxygen atoms in total. The van der Waals surface area contributed by atoms with Gasteiger partial charge in [0.15, 0.2) is 0 Å². The van der Waals surface area contributed by atoms with Crippen molar-refractivity contribution in [2.45, 2.75) is 96.7 Å². The Morgan fingerprint density at radius 3 is 2.04 bits per heavy atom. The van der Waals surface area contributed by atoms with Crippen molar-refractivity contribution >= 4 is 16.2 Å². The Labute approximate surface area is 158 Å². The van der Waals surface area contributed by atoms with Gasteiger partial charge in [-0.3, -0.25) is 4.55 Å². The smallest absolute Gasteiger partial charge is 0.407 e. The quantitative estimate of drug-likeness (QED) is 0.288. The van der Waals surface area contributed by atoms with Crippen LogP contribution < -0.4 is 5.32 Å². The maximum absolute atomic E-state index is 11.7. The second kappa shape index (κ2) is 13.3. The molecule has 0 aliphatic rings. The molecule has 0 rings (SSSR count). The maximum Gasteiger partial charge on any atom is 0.407 e. The van der Waals surface area contributed by atoms with Gasteiger partial charge in [-0.1, -0.05) is 58.3 Å². The van der Waals surface area contributed by atoms with Gasteiger partial charge in [0, 0.05) is 6.54 Å². The monoisotopic (exact) mass is 395 g/mol. The Morgan fingerprint density at radius 2 is 1.54 bits per heavy atom. The predicted octanol–water partition coefficient (Wildman–Crippen LogP) is 3.66. The van der Waals surface area contributed by atoms with E-state index in [1.165, 1.54) is 44.9 Å². The zero-order chi connectivity index (χ0) is 20.1. The number of unbranched alkanes of at least 4 members (excludes halogenated alkanes) is 8. The number of hydrogen-bond donors (Lipinski definition) is 3. The number of carbonyl (C=O) groups excluding carboxylic acids is 1. The Kier molecular flexibility index (Phi) is 12.9. The molecule has 0 aromatic carbocycles. The molecule has 1 atom stereocenters. The molecule has 0 bridgehead atoms. The fourth-order valence-corrected chi connectivity index (χ4v) is 3.31. The van der Waals surface area contributed by atoms with Crippen molar-refractivity contribution < 1.29 is 27.6 Å². The molecule has 0 aromatic rings. The molecular weight excluding hydrogens is 358 g/mol. The average molecular weight is 396 g/mol. The van der Waals surface area contributed by atoms with Gasteiger partial charge in [0.25, 0.3) is 10.1 Å². The van der Waals surface area contributed by atoms with Crippen LogP contribution >= 0.6 is 0 Å². The molecule has 0 aliphatic heterocycles. The molecule has 26 heavy (non-hydrogen) atoms. The number of aliphatic hydroxyl groups is 1. The molecule has 0 aliphatic carbocycles. The van der Waals surface area contributed by atoms with Crippen LogP contribution in [0.5, 0.6) is 0 Å². The van der Waals surface area contributed by atoms with E-state index < -0.39 is 33.7 Å². The normalized spacial score (nSPS) is 13.4. The highest BCUT2D eigenvalue weighted by Crippen LogP contribution is 2.20. The SMILES string of the molecule is CCCCCCCCCCCC(C)(C)OC(=O)NCC(O)CS(=O)(=O)O. The first-order valence-electron chi connectivity index (χ1n) is 9.66. The summed E-state index contributed by atoms with van der Waals surface area (Å²) in [5, 5.41) is 11.7. The van der Waals surface area contributed by atoms with Crippen LogP contribution in [0.2, 0.25) is 0 Å². The number of alkyl carbamates (subject to hydrolysis) is 1. The number of carbonyl (C=O) groups is 1. The molecule has 0 fully saturated rings. The maximum atomic E-state index is 11.7. The molecule has 0 heterocycles. The first-order valence-corrected chi connectivity index (χ1v) is 11.3. The highest BCUT2D eigenvalue weighted by Gasteiger charge is 2.23. The molecule has 1 unspecified atom stereocenters. The van der Waals surface area contributed by atoms with E-state index in [0.29, 0.717) is 0 Å². The lowest BCUT2D eigenvalue weighted by molar-refractivity contribution is 0.0287. The molecule has 3 N–H and O–H groups in total. The van der Waals surface area contributed by atoms with E-state index in [-0.39, 0.29) is 6.54 Å². The summed E-state index contributed by atoms with van der Waals surface area (Å²) in [6.45, 7) is 5.57. The van der Waals surface area contributed by atoms with Gasteiger partial charge < -0.3 is 15.2 Å². The molecule has 0 radical (unpaired) electrons. The first kappa shape index (κ1) is 25.1. The van der Waals surface area contributed by atoms with Gasteiger partial charge in [-0.15, -0.1) is 0 Å². The first-order chi connectivity index (χ1) is 12.1. The van der Waals surface area contributed by atoms with Crippen LogP contribution in [-0.2, 0) is 14.9 Å². The van der Waals surface area contributed by atoms with Crippen molar-refractivity contribution in [2.24, 2.45) is 0 Å². The summed E-state index contributed by atoms with van der Waals surface area (Å²) < 4.78 is 35.2. The van der Waals surface area contributed by atoms with Crippen molar-refractivity contribution in [2.75, 3.05) is 12.3 Å². The summed E-state index contributed by atoms with van der Waals surface area (Å²) in [6.07, 6.45) is 9.68. The van der Waals surface area contributed by atoms with Crippen molar-refractivity contribution in [3.05, 3.63) is 0 Å². The van der Waals surface area contributed by atoms with Crippen LogP contribution in [0.15, 0.2) is 0 Å². The van der Waals surface area contributed by atoms with E-state index in [0.717, 1.165) is 19.3 Å². The topological polar surface area (TPSA) is 113 Å². The van der Waals surface area contributed by atoms with E-state index in [1.54, 1.807) is 0 Å². The standard InChI is InChI=1S/C18H37NO6S/c1-4-5-6-7-8-9-10-11-12-13-18(2,3)25-17(21)19-14-16(20)15-26(22,23)24/h16,20H,4-15H2,1-3H3,(H,19,21)(H,22,23,24). The number of hydrogen-bond acceptors (Lipinski definition) is 5. The van der Waals surface area contributed by atoms with Gasteiger partial charge in [0.2, 0.25) is 0 Å². The van der Waals surface area contributed by atoms with Crippen LogP contribution in [-0.4, -0.2) is 48.2 Å². The molecule has 0 spiro atoms. The molecule has 0 saturated carbocycles. The Balaban J connectivity index is 3.80. The third-order valence-corrected chi connectivity index (χ3v) is 4.94. The van der Waals surface area contributed by atoms with Crippen LogP contribution in [0, 0.1) is 0 Å². The number of rotatable bonds is 15. The number of amides is 1. The molecule has 0 aromatic heterocycles. The molecule has 1 amide bonds. The van der Waals surface area contributed by atoms with Gasteiger partial charge in [-0.05, 0) is 26.7 Å². The Morgan fingerprint density at radius 1 is 1.04 bits per heavy atom. The largest absolute Gasteiger partial charge is 0.444 e. The summed E-state index contributed by atoms with van der Waals surface area (Å²) >= 11 is 0. The van der Waals surface area contributed by atoms with Gasteiger partial charge in [-0.2, -0.15) is 8.42 Å². The van der Waals surface area contributed by atoms with Gasteiger partial charge in [-0.25, -0.2) is 4.79 Å². The number of ether oxygens (including phenoxy) is 1.